The maximum Gasteiger partial charge on any atom is 0.170 e. The number of benzene rings is 2. The lowest BCUT2D eigenvalue weighted by Crippen LogP contribution is -2.13. The first-order valence-corrected chi connectivity index (χ1v) is 7.06. The molecule has 2 rings (SSSR count). The molecule has 2 aromatic rings. The van der Waals surface area contributed by atoms with Gasteiger partial charge in [0.2, 0.25) is 0 Å². The average Bonchev–Trinajstić information content (AvgIpc) is 2.52. The Hall–Kier alpha value is -2.14. The van der Waals surface area contributed by atoms with Gasteiger partial charge in [-0.05, 0) is 23.8 Å². The summed E-state index contributed by atoms with van der Waals surface area (Å²) in [6.45, 7) is 0. The third-order valence-electron chi connectivity index (χ3n) is 2.79. The van der Waals surface area contributed by atoms with Crippen LogP contribution in [-0.2, 0) is 5.75 Å². The molecule has 0 heterocycles. The van der Waals surface area contributed by atoms with Crippen molar-refractivity contribution in [1.29, 1.82) is 0 Å². The summed E-state index contributed by atoms with van der Waals surface area (Å²) in [5.74, 6) is 1.77. The molecule has 0 spiro atoms. The number of ether oxygens (including phenoxy) is 1. The SMILES string of the molecule is COc1ccccc1SCc1cccc(/C(N)=N/O)c1. The number of methoxy groups -OCH3 is 1. The van der Waals surface area contributed by atoms with Crippen LogP contribution in [0.4, 0.5) is 0 Å². The van der Waals surface area contributed by atoms with E-state index in [2.05, 4.69) is 5.16 Å². The van der Waals surface area contributed by atoms with Gasteiger partial charge in [-0.1, -0.05) is 35.5 Å². The molecule has 0 aliphatic rings. The number of nitrogens with zero attached hydrogens (tertiary/aromatic N) is 1. The second kappa shape index (κ2) is 6.86. The molecule has 0 bridgehead atoms. The van der Waals surface area contributed by atoms with E-state index in [1.807, 2.05) is 48.5 Å². The zero-order valence-electron chi connectivity index (χ0n) is 11.1. The monoisotopic (exact) mass is 288 g/mol. The highest BCUT2D eigenvalue weighted by molar-refractivity contribution is 7.98. The van der Waals surface area contributed by atoms with Crippen LogP contribution in [0.1, 0.15) is 11.1 Å². The van der Waals surface area contributed by atoms with E-state index in [0.29, 0.717) is 5.56 Å². The Kier molecular flexibility index (Phi) is 4.90. The van der Waals surface area contributed by atoms with Crippen molar-refractivity contribution in [3.05, 3.63) is 59.7 Å². The lowest BCUT2D eigenvalue weighted by atomic mass is 10.1. The van der Waals surface area contributed by atoms with Crippen molar-refractivity contribution in [3.63, 3.8) is 0 Å². The van der Waals surface area contributed by atoms with Crippen LogP contribution in [0.2, 0.25) is 0 Å². The second-order valence-corrected chi connectivity index (χ2v) is 5.14. The summed E-state index contributed by atoms with van der Waals surface area (Å²) in [6, 6.07) is 15.5. The first kappa shape index (κ1) is 14.3. The van der Waals surface area contributed by atoms with E-state index in [9.17, 15) is 0 Å². The van der Waals surface area contributed by atoms with Crippen molar-refractivity contribution in [1.82, 2.24) is 0 Å². The molecule has 20 heavy (non-hydrogen) atoms. The van der Waals surface area contributed by atoms with Gasteiger partial charge in [-0.25, -0.2) is 0 Å². The first-order chi connectivity index (χ1) is 9.74. The van der Waals surface area contributed by atoms with Gasteiger partial charge in [-0.2, -0.15) is 0 Å². The van der Waals surface area contributed by atoms with Gasteiger partial charge in [-0.15, -0.1) is 11.8 Å². The fraction of sp³-hybridized carbons (Fsp3) is 0.133. The number of oxime groups is 1. The van der Waals surface area contributed by atoms with E-state index in [0.717, 1.165) is 22.0 Å². The summed E-state index contributed by atoms with van der Waals surface area (Å²) in [5, 5.41) is 11.7. The van der Waals surface area contributed by atoms with E-state index in [1.54, 1.807) is 18.9 Å². The quantitative estimate of drug-likeness (QED) is 0.292. The molecule has 104 valence electrons. The number of hydrogen-bond donors (Lipinski definition) is 2. The molecule has 2 aromatic carbocycles. The van der Waals surface area contributed by atoms with Gasteiger partial charge in [0.25, 0.3) is 0 Å². The van der Waals surface area contributed by atoms with Crippen molar-refractivity contribution in [2.75, 3.05) is 7.11 Å². The molecule has 3 N–H and O–H groups in total. The Labute approximate surface area is 122 Å². The fourth-order valence-electron chi connectivity index (χ4n) is 1.78. The number of rotatable bonds is 5. The summed E-state index contributed by atoms with van der Waals surface area (Å²) in [5.41, 5.74) is 7.40. The maximum absolute atomic E-state index is 8.70. The van der Waals surface area contributed by atoms with E-state index in [1.165, 1.54) is 0 Å². The molecule has 0 radical (unpaired) electrons. The molecule has 0 atom stereocenters. The molecule has 0 unspecified atom stereocenters. The van der Waals surface area contributed by atoms with Gasteiger partial charge in [0, 0.05) is 16.2 Å². The van der Waals surface area contributed by atoms with Crippen molar-refractivity contribution >= 4 is 17.6 Å². The normalized spacial score (nSPS) is 11.3. The highest BCUT2D eigenvalue weighted by Gasteiger charge is 2.04. The molecule has 0 aromatic heterocycles. The molecule has 0 amide bonds. The Morgan fingerprint density at radius 3 is 2.80 bits per heavy atom. The van der Waals surface area contributed by atoms with Crippen molar-refractivity contribution in [2.45, 2.75) is 10.6 Å². The third-order valence-corrected chi connectivity index (χ3v) is 3.92. The minimum atomic E-state index is 0.120. The van der Waals surface area contributed by atoms with Crippen LogP contribution in [0.3, 0.4) is 0 Å². The predicted octanol–water partition coefficient (Wildman–Crippen LogP) is 3.08. The van der Waals surface area contributed by atoms with Crippen LogP contribution in [-0.4, -0.2) is 18.2 Å². The number of para-hydroxylation sites is 1. The van der Waals surface area contributed by atoms with E-state index in [-0.39, 0.29) is 5.84 Å². The standard InChI is InChI=1S/C15H16N2O2S/c1-19-13-7-2-3-8-14(13)20-10-11-5-4-6-12(9-11)15(16)17-18/h2-9,18H,10H2,1H3,(H2,16,17). The smallest absolute Gasteiger partial charge is 0.170 e. The molecule has 0 saturated carbocycles. The molecule has 0 aliphatic heterocycles. The maximum atomic E-state index is 8.70. The predicted molar refractivity (Wildman–Crippen MR) is 81.5 cm³/mol. The second-order valence-electron chi connectivity index (χ2n) is 4.13. The number of amidine groups is 1. The summed E-state index contributed by atoms with van der Waals surface area (Å²) < 4.78 is 5.32. The van der Waals surface area contributed by atoms with Gasteiger partial charge < -0.3 is 15.7 Å². The molecule has 0 aliphatic carbocycles. The van der Waals surface area contributed by atoms with Gasteiger partial charge in [0.15, 0.2) is 5.84 Å². The molecular formula is C15H16N2O2S. The summed E-state index contributed by atoms with van der Waals surface area (Å²) in [6.07, 6.45) is 0. The molecule has 5 heteroatoms. The molecule has 0 fully saturated rings. The lowest BCUT2D eigenvalue weighted by Gasteiger charge is -2.08. The van der Waals surface area contributed by atoms with E-state index in [4.69, 9.17) is 15.7 Å². The van der Waals surface area contributed by atoms with Crippen LogP contribution in [0.15, 0.2) is 58.6 Å². The van der Waals surface area contributed by atoms with Gasteiger partial charge in [0.1, 0.15) is 5.75 Å². The van der Waals surface area contributed by atoms with Crippen molar-refractivity contribution in [2.24, 2.45) is 10.9 Å². The zero-order valence-corrected chi connectivity index (χ0v) is 11.9. The largest absolute Gasteiger partial charge is 0.496 e. The number of nitrogens with two attached hydrogens (primary N) is 1. The zero-order chi connectivity index (χ0) is 14.4. The Balaban J connectivity index is 2.11. The van der Waals surface area contributed by atoms with Crippen LogP contribution >= 0.6 is 11.8 Å². The third kappa shape index (κ3) is 3.45. The van der Waals surface area contributed by atoms with Crippen molar-refractivity contribution in [3.8, 4) is 5.75 Å². The minimum absolute atomic E-state index is 0.120. The molecule has 4 nitrogen and oxygen atoms in total. The minimum Gasteiger partial charge on any atom is -0.496 e. The van der Waals surface area contributed by atoms with Crippen LogP contribution in [0, 0.1) is 0 Å². The summed E-state index contributed by atoms with van der Waals surface area (Å²) in [4.78, 5) is 1.09. The average molecular weight is 288 g/mol. The Morgan fingerprint density at radius 1 is 1.25 bits per heavy atom. The molecular weight excluding hydrogens is 272 g/mol. The Morgan fingerprint density at radius 2 is 2.05 bits per heavy atom. The van der Waals surface area contributed by atoms with E-state index < -0.39 is 0 Å². The lowest BCUT2D eigenvalue weighted by molar-refractivity contribution is 0.318. The molecule has 0 saturated heterocycles. The van der Waals surface area contributed by atoms with Gasteiger partial charge in [-0.3, -0.25) is 0 Å². The van der Waals surface area contributed by atoms with Gasteiger partial charge >= 0.3 is 0 Å². The van der Waals surface area contributed by atoms with E-state index >= 15 is 0 Å². The van der Waals surface area contributed by atoms with Crippen LogP contribution in [0.25, 0.3) is 0 Å². The highest BCUT2D eigenvalue weighted by atomic mass is 32.2. The van der Waals surface area contributed by atoms with Crippen LogP contribution in [0.5, 0.6) is 5.75 Å². The highest BCUT2D eigenvalue weighted by Crippen LogP contribution is 2.31. The summed E-state index contributed by atoms with van der Waals surface area (Å²) >= 11 is 1.68. The fourth-order valence-corrected chi connectivity index (χ4v) is 2.75. The number of hydrogen-bond acceptors (Lipinski definition) is 4. The van der Waals surface area contributed by atoms with Gasteiger partial charge in [0.05, 0.1) is 7.11 Å². The summed E-state index contributed by atoms with van der Waals surface area (Å²) in [7, 11) is 1.67. The first-order valence-electron chi connectivity index (χ1n) is 6.07. The van der Waals surface area contributed by atoms with Crippen LogP contribution < -0.4 is 10.5 Å². The topological polar surface area (TPSA) is 67.8 Å². The number of thioether (sulfide) groups is 1. The van der Waals surface area contributed by atoms with Crippen molar-refractivity contribution < 1.29 is 9.94 Å². The Bertz CT molecular complexity index is 614.